The van der Waals surface area contributed by atoms with Crippen molar-refractivity contribution in [2.75, 3.05) is 20.3 Å². The van der Waals surface area contributed by atoms with E-state index in [1.807, 2.05) is 13.8 Å². The van der Waals surface area contributed by atoms with Crippen LogP contribution in [0.2, 0.25) is 0 Å². The van der Waals surface area contributed by atoms with E-state index < -0.39 is 6.04 Å². The minimum Gasteiger partial charge on any atom is -0.481 e. The number of aromatic nitrogens is 2. The smallest absolute Gasteiger partial charge is 0.328 e. The topological polar surface area (TPSA) is 65.4 Å². The van der Waals surface area contributed by atoms with Gasteiger partial charge >= 0.3 is 5.97 Å². The molecule has 1 aliphatic carbocycles. The van der Waals surface area contributed by atoms with Crippen molar-refractivity contribution in [3.05, 3.63) is 11.3 Å². The van der Waals surface area contributed by atoms with Gasteiger partial charge in [-0.1, -0.05) is 0 Å². The molecule has 1 unspecified atom stereocenters. The fraction of sp³-hybridized carbons (Fsp3) is 0.714. The molecular formula is C14H23N3O3. The summed E-state index contributed by atoms with van der Waals surface area (Å²) in [6, 6.07) is -0.515. The largest absolute Gasteiger partial charge is 0.481 e. The predicted octanol–water partition coefficient (Wildman–Crippen LogP) is 1.34. The standard InChI is InChI=1S/C14H23N3O3/c1-5-20-14(18)12(15-8-10-6-7-10)11-9(2)16-17(3)13(11)19-4/h10,12,15H,5-8H2,1-4H3. The number of carbonyl (C=O) groups excluding carboxylic acids is 1. The van der Waals surface area contributed by atoms with Crippen LogP contribution < -0.4 is 10.1 Å². The third-order valence-electron chi connectivity index (χ3n) is 3.53. The summed E-state index contributed by atoms with van der Waals surface area (Å²) < 4.78 is 12.2. The minimum absolute atomic E-state index is 0.275. The van der Waals surface area contributed by atoms with Crippen LogP contribution in [0, 0.1) is 12.8 Å². The lowest BCUT2D eigenvalue weighted by Gasteiger charge is -2.18. The Morgan fingerprint density at radius 3 is 2.80 bits per heavy atom. The van der Waals surface area contributed by atoms with Gasteiger partial charge in [0.2, 0.25) is 5.88 Å². The highest BCUT2D eigenvalue weighted by atomic mass is 16.5. The van der Waals surface area contributed by atoms with E-state index in [-0.39, 0.29) is 5.97 Å². The van der Waals surface area contributed by atoms with E-state index in [0.717, 1.165) is 17.8 Å². The molecule has 6 heteroatoms. The van der Waals surface area contributed by atoms with Gasteiger partial charge in [-0.2, -0.15) is 5.10 Å². The maximum absolute atomic E-state index is 12.2. The van der Waals surface area contributed by atoms with E-state index in [0.29, 0.717) is 18.4 Å². The van der Waals surface area contributed by atoms with Crippen LogP contribution in [0.1, 0.15) is 37.1 Å². The summed E-state index contributed by atoms with van der Waals surface area (Å²) in [5.41, 5.74) is 1.56. The van der Waals surface area contributed by atoms with Gasteiger partial charge in [-0.3, -0.25) is 0 Å². The summed E-state index contributed by atoms with van der Waals surface area (Å²) in [7, 11) is 3.39. The molecule has 1 aromatic heterocycles. The third-order valence-corrected chi connectivity index (χ3v) is 3.53. The van der Waals surface area contributed by atoms with Crippen molar-refractivity contribution < 1.29 is 14.3 Å². The van der Waals surface area contributed by atoms with Crippen molar-refractivity contribution in [3.8, 4) is 5.88 Å². The molecule has 0 spiro atoms. The Kier molecular flexibility index (Phi) is 4.65. The van der Waals surface area contributed by atoms with Crippen LogP contribution in [-0.4, -0.2) is 36.0 Å². The number of nitrogens with one attached hydrogen (secondary N) is 1. The van der Waals surface area contributed by atoms with E-state index in [2.05, 4.69) is 10.4 Å². The maximum Gasteiger partial charge on any atom is 0.328 e. The highest BCUT2D eigenvalue weighted by Gasteiger charge is 2.32. The minimum atomic E-state index is -0.515. The number of nitrogens with zero attached hydrogens (tertiary/aromatic N) is 2. The summed E-state index contributed by atoms with van der Waals surface area (Å²) in [5.74, 6) is 1.00. The molecule has 6 nitrogen and oxygen atoms in total. The third kappa shape index (κ3) is 3.12. The monoisotopic (exact) mass is 281 g/mol. The molecule has 0 radical (unpaired) electrons. The zero-order valence-electron chi connectivity index (χ0n) is 12.6. The van der Waals surface area contributed by atoms with Crippen LogP contribution in [0.15, 0.2) is 0 Å². The maximum atomic E-state index is 12.2. The summed E-state index contributed by atoms with van der Waals surface area (Å²) in [5, 5.41) is 7.64. The molecule has 1 fully saturated rings. The lowest BCUT2D eigenvalue weighted by atomic mass is 10.1. The number of esters is 1. The van der Waals surface area contributed by atoms with Crippen LogP contribution in [0.3, 0.4) is 0 Å². The molecular weight excluding hydrogens is 258 g/mol. The van der Waals surface area contributed by atoms with Gasteiger partial charge in [0.1, 0.15) is 6.04 Å². The molecule has 0 aliphatic heterocycles. The number of carbonyl (C=O) groups is 1. The first-order chi connectivity index (χ1) is 9.58. The second kappa shape index (κ2) is 6.26. The summed E-state index contributed by atoms with van der Waals surface area (Å²) in [4.78, 5) is 12.2. The Morgan fingerprint density at radius 2 is 2.25 bits per heavy atom. The fourth-order valence-corrected chi connectivity index (χ4v) is 2.36. The molecule has 1 atom stereocenters. The predicted molar refractivity (Wildman–Crippen MR) is 74.6 cm³/mol. The van der Waals surface area contributed by atoms with Gasteiger partial charge in [-0.25, -0.2) is 9.48 Å². The van der Waals surface area contributed by atoms with Gasteiger partial charge in [0.25, 0.3) is 0 Å². The Bertz CT molecular complexity index is 480. The van der Waals surface area contributed by atoms with Crippen LogP contribution in [0.4, 0.5) is 0 Å². The van der Waals surface area contributed by atoms with Crippen molar-refractivity contribution in [2.24, 2.45) is 13.0 Å². The molecule has 0 amide bonds. The Labute approximate surface area is 119 Å². The van der Waals surface area contributed by atoms with Gasteiger partial charge in [0.05, 0.1) is 25.0 Å². The van der Waals surface area contributed by atoms with E-state index in [1.54, 1.807) is 18.8 Å². The number of ether oxygens (including phenoxy) is 2. The Balaban J connectivity index is 2.25. The van der Waals surface area contributed by atoms with E-state index in [4.69, 9.17) is 9.47 Å². The van der Waals surface area contributed by atoms with Crippen LogP contribution in [0.5, 0.6) is 5.88 Å². The molecule has 1 aliphatic rings. The number of hydrogen-bond acceptors (Lipinski definition) is 5. The molecule has 1 N–H and O–H groups in total. The Hall–Kier alpha value is -1.56. The SMILES string of the molecule is CCOC(=O)C(NCC1CC1)c1c(C)nn(C)c1OC. The molecule has 1 saturated carbocycles. The highest BCUT2D eigenvalue weighted by molar-refractivity contribution is 5.79. The van der Waals surface area contributed by atoms with Gasteiger partial charge in [0.15, 0.2) is 0 Å². The summed E-state index contributed by atoms with van der Waals surface area (Å²) in [6.07, 6.45) is 2.46. The van der Waals surface area contributed by atoms with Crippen molar-refractivity contribution in [1.29, 1.82) is 0 Å². The summed E-state index contributed by atoms with van der Waals surface area (Å²) in [6.45, 7) is 4.87. The number of aryl methyl sites for hydroxylation is 2. The quantitative estimate of drug-likeness (QED) is 0.764. The first kappa shape index (κ1) is 14.8. The molecule has 0 bridgehead atoms. The molecule has 1 heterocycles. The van der Waals surface area contributed by atoms with Crippen LogP contribution in [-0.2, 0) is 16.6 Å². The van der Waals surface area contributed by atoms with Gasteiger partial charge in [0, 0.05) is 7.05 Å². The van der Waals surface area contributed by atoms with Crippen molar-refractivity contribution in [3.63, 3.8) is 0 Å². The second-order valence-corrected chi connectivity index (χ2v) is 5.17. The average molecular weight is 281 g/mol. The van der Waals surface area contributed by atoms with E-state index in [9.17, 15) is 4.79 Å². The van der Waals surface area contributed by atoms with Crippen LogP contribution >= 0.6 is 0 Å². The molecule has 112 valence electrons. The number of methoxy groups -OCH3 is 1. The number of rotatable bonds is 7. The fourth-order valence-electron chi connectivity index (χ4n) is 2.36. The molecule has 0 aromatic carbocycles. The van der Waals surface area contributed by atoms with Crippen LogP contribution in [0.25, 0.3) is 0 Å². The molecule has 20 heavy (non-hydrogen) atoms. The first-order valence-corrected chi connectivity index (χ1v) is 7.06. The molecule has 0 saturated heterocycles. The van der Waals surface area contributed by atoms with Crippen molar-refractivity contribution >= 4 is 5.97 Å². The zero-order valence-corrected chi connectivity index (χ0v) is 12.6. The lowest BCUT2D eigenvalue weighted by Crippen LogP contribution is -2.32. The second-order valence-electron chi connectivity index (χ2n) is 5.17. The average Bonchev–Trinajstić information content (AvgIpc) is 3.17. The molecule has 1 aromatic rings. The normalized spacial score (nSPS) is 16.0. The van der Waals surface area contributed by atoms with Gasteiger partial charge < -0.3 is 14.8 Å². The zero-order chi connectivity index (χ0) is 14.7. The molecule has 2 rings (SSSR count). The first-order valence-electron chi connectivity index (χ1n) is 7.06. The number of hydrogen-bond donors (Lipinski definition) is 1. The Morgan fingerprint density at radius 1 is 1.55 bits per heavy atom. The summed E-state index contributed by atoms with van der Waals surface area (Å²) >= 11 is 0. The van der Waals surface area contributed by atoms with Gasteiger partial charge in [-0.05, 0) is 39.2 Å². The van der Waals surface area contributed by atoms with E-state index >= 15 is 0 Å². The van der Waals surface area contributed by atoms with Crippen molar-refractivity contribution in [2.45, 2.75) is 32.7 Å². The van der Waals surface area contributed by atoms with Gasteiger partial charge in [-0.15, -0.1) is 0 Å². The lowest BCUT2D eigenvalue weighted by molar-refractivity contribution is -0.145. The van der Waals surface area contributed by atoms with Crippen molar-refractivity contribution in [1.82, 2.24) is 15.1 Å². The highest BCUT2D eigenvalue weighted by Crippen LogP contribution is 2.32. The van der Waals surface area contributed by atoms with E-state index in [1.165, 1.54) is 12.8 Å².